The number of hydrogen-bond acceptors (Lipinski definition) is 7. The van der Waals surface area contributed by atoms with Gasteiger partial charge in [-0.1, -0.05) is 30.0 Å². The second kappa shape index (κ2) is 10.6. The number of ether oxygens (including phenoxy) is 3. The Hall–Kier alpha value is -3.46. The summed E-state index contributed by atoms with van der Waals surface area (Å²) < 4.78 is 16.1. The first-order valence-corrected chi connectivity index (χ1v) is 11.9. The molecule has 1 fully saturated rings. The standard InChI is InChI=1S/C25H27N3O5S/c1-31-20-10-15(11-21(32-2)24(20)33-3)13-26-22(29)14-34-23-12-18(25(30)27-16-8-9-16)17-6-4-5-7-19(17)28-23/h4-7,10-12,16H,8-9,13-14H2,1-3H3,(H,26,29)(H,27,30). The van der Waals surface area contributed by atoms with Crippen molar-refractivity contribution in [3.63, 3.8) is 0 Å². The van der Waals surface area contributed by atoms with Gasteiger partial charge in [0.2, 0.25) is 11.7 Å². The maximum absolute atomic E-state index is 12.8. The molecule has 0 aliphatic heterocycles. The van der Waals surface area contributed by atoms with Gasteiger partial charge in [0, 0.05) is 18.0 Å². The molecule has 0 radical (unpaired) electrons. The number of carbonyl (C=O) groups excluding carboxylic acids is 2. The molecule has 34 heavy (non-hydrogen) atoms. The van der Waals surface area contributed by atoms with Gasteiger partial charge in [-0.3, -0.25) is 9.59 Å². The lowest BCUT2D eigenvalue weighted by molar-refractivity contribution is -0.118. The highest BCUT2D eigenvalue weighted by atomic mass is 32.2. The van der Waals surface area contributed by atoms with Crippen LogP contribution in [0.2, 0.25) is 0 Å². The summed E-state index contributed by atoms with van der Waals surface area (Å²) in [6.07, 6.45) is 2.03. The Morgan fingerprint density at radius 3 is 2.38 bits per heavy atom. The van der Waals surface area contributed by atoms with Crippen LogP contribution in [0.5, 0.6) is 17.2 Å². The van der Waals surface area contributed by atoms with Crippen molar-refractivity contribution in [2.75, 3.05) is 27.1 Å². The molecule has 1 saturated carbocycles. The number of methoxy groups -OCH3 is 3. The second-order valence-corrected chi connectivity index (χ2v) is 8.87. The summed E-state index contributed by atoms with van der Waals surface area (Å²) in [5.41, 5.74) is 2.12. The van der Waals surface area contributed by atoms with Crippen molar-refractivity contribution in [1.29, 1.82) is 0 Å². The predicted octanol–water partition coefficient (Wildman–Crippen LogP) is 3.56. The number of thioether (sulfide) groups is 1. The fourth-order valence-corrected chi connectivity index (χ4v) is 4.28. The Morgan fingerprint density at radius 2 is 1.74 bits per heavy atom. The van der Waals surface area contributed by atoms with Gasteiger partial charge in [-0.2, -0.15) is 0 Å². The number of para-hydroxylation sites is 1. The third-order valence-corrected chi connectivity index (χ3v) is 6.33. The minimum Gasteiger partial charge on any atom is -0.493 e. The zero-order chi connectivity index (χ0) is 24.1. The average Bonchev–Trinajstić information content (AvgIpc) is 3.68. The van der Waals surface area contributed by atoms with E-state index in [4.69, 9.17) is 14.2 Å². The van der Waals surface area contributed by atoms with Crippen molar-refractivity contribution in [3.05, 3.63) is 53.6 Å². The van der Waals surface area contributed by atoms with Crippen LogP contribution in [0.25, 0.3) is 10.9 Å². The minimum absolute atomic E-state index is 0.102. The molecule has 178 valence electrons. The highest BCUT2D eigenvalue weighted by Crippen LogP contribution is 2.38. The monoisotopic (exact) mass is 481 g/mol. The Morgan fingerprint density at radius 1 is 1.03 bits per heavy atom. The van der Waals surface area contributed by atoms with Gasteiger partial charge in [-0.25, -0.2) is 4.98 Å². The number of fused-ring (bicyclic) bond motifs is 1. The van der Waals surface area contributed by atoms with E-state index in [0.717, 1.165) is 29.3 Å². The van der Waals surface area contributed by atoms with Crippen molar-refractivity contribution in [2.45, 2.75) is 30.5 Å². The number of rotatable bonds is 10. The smallest absolute Gasteiger partial charge is 0.252 e. The molecule has 9 heteroatoms. The van der Waals surface area contributed by atoms with Crippen molar-refractivity contribution >= 4 is 34.5 Å². The largest absolute Gasteiger partial charge is 0.493 e. The van der Waals surface area contributed by atoms with Gasteiger partial charge in [0.15, 0.2) is 11.5 Å². The van der Waals surface area contributed by atoms with Gasteiger partial charge in [-0.15, -0.1) is 0 Å². The molecule has 3 aromatic rings. The van der Waals surface area contributed by atoms with E-state index in [9.17, 15) is 9.59 Å². The van der Waals surface area contributed by atoms with E-state index < -0.39 is 0 Å². The van der Waals surface area contributed by atoms with Crippen LogP contribution in [0.3, 0.4) is 0 Å². The molecule has 1 aliphatic carbocycles. The van der Waals surface area contributed by atoms with Crippen LogP contribution < -0.4 is 24.8 Å². The van der Waals surface area contributed by atoms with Gasteiger partial charge in [0.05, 0.1) is 43.2 Å². The molecule has 4 rings (SSSR count). The summed E-state index contributed by atoms with van der Waals surface area (Å²) in [5.74, 6) is 1.46. The zero-order valence-electron chi connectivity index (χ0n) is 19.3. The van der Waals surface area contributed by atoms with Gasteiger partial charge in [-0.05, 0) is 42.7 Å². The molecule has 0 spiro atoms. The summed E-state index contributed by atoms with van der Waals surface area (Å²) in [6.45, 7) is 0.302. The molecule has 0 unspecified atom stereocenters. The number of nitrogens with one attached hydrogen (secondary N) is 2. The molecule has 2 amide bonds. The number of benzene rings is 2. The van der Waals surface area contributed by atoms with Crippen LogP contribution in [-0.4, -0.2) is 49.9 Å². The molecule has 2 aromatic carbocycles. The van der Waals surface area contributed by atoms with Crippen molar-refractivity contribution in [2.24, 2.45) is 0 Å². The van der Waals surface area contributed by atoms with Gasteiger partial charge >= 0.3 is 0 Å². The maximum Gasteiger partial charge on any atom is 0.252 e. The Labute approximate surface area is 202 Å². The number of carbonyl (C=O) groups is 2. The lowest BCUT2D eigenvalue weighted by atomic mass is 10.1. The molecule has 1 aromatic heterocycles. The summed E-state index contributed by atoms with van der Waals surface area (Å²) in [7, 11) is 4.64. The van der Waals surface area contributed by atoms with Crippen LogP contribution in [0.15, 0.2) is 47.5 Å². The average molecular weight is 482 g/mol. The molecule has 0 atom stereocenters. The van der Waals surface area contributed by atoms with Gasteiger partial charge in [0.25, 0.3) is 5.91 Å². The van der Waals surface area contributed by atoms with Crippen LogP contribution >= 0.6 is 11.8 Å². The quantitative estimate of drug-likeness (QED) is 0.427. The first kappa shape index (κ1) is 23.7. The van der Waals surface area contributed by atoms with Gasteiger partial charge < -0.3 is 24.8 Å². The van der Waals surface area contributed by atoms with Crippen molar-refractivity contribution in [3.8, 4) is 17.2 Å². The first-order valence-electron chi connectivity index (χ1n) is 10.9. The van der Waals surface area contributed by atoms with Crippen molar-refractivity contribution < 1.29 is 23.8 Å². The molecular formula is C25H27N3O5S. The number of nitrogens with zero attached hydrogens (tertiary/aromatic N) is 1. The van der Waals surface area contributed by atoms with E-state index in [-0.39, 0.29) is 23.6 Å². The SMILES string of the molecule is COc1cc(CNC(=O)CSc2cc(C(=O)NC3CC3)c3ccccc3n2)cc(OC)c1OC. The van der Waals surface area contributed by atoms with Crippen LogP contribution in [0.4, 0.5) is 0 Å². The predicted molar refractivity (Wildman–Crippen MR) is 131 cm³/mol. The van der Waals surface area contributed by atoms with E-state index in [1.54, 1.807) is 39.5 Å². The normalized spacial score (nSPS) is 12.8. The molecule has 8 nitrogen and oxygen atoms in total. The maximum atomic E-state index is 12.8. The van der Waals surface area contributed by atoms with E-state index in [0.29, 0.717) is 34.4 Å². The lowest BCUT2D eigenvalue weighted by Crippen LogP contribution is -2.26. The van der Waals surface area contributed by atoms with Crippen LogP contribution in [-0.2, 0) is 11.3 Å². The summed E-state index contributed by atoms with van der Waals surface area (Å²) in [4.78, 5) is 29.9. The Kier molecular flexibility index (Phi) is 7.42. The molecule has 0 bridgehead atoms. The third kappa shape index (κ3) is 5.53. The van der Waals surface area contributed by atoms with Crippen molar-refractivity contribution in [1.82, 2.24) is 15.6 Å². The van der Waals surface area contributed by atoms with E-state index >= 15 is 0 Å². The number of pyridine rings is 1. The molecule has 0 saturated heterocycles. The van der Waals surface area contributed by atoms with E-state index in [1.165, 1.54) is 11.8 Å². The molecule has 1 aliphatic rings. The zero-order valence-corrected chi connectivity index (χ0v) is 20.2. The fraction of sp³-hybridized carbons (Fsp3) is 0.320. The number of hydrogen-bond donors (Lipinski definition) is 2. The third-order valence-electron chi connectivity index (χ3n) is 5.42. The van der Waals surface area contributed by atoms with E-state index in [1.807, 2.05) is 24.3 Å². The topological polar surface area (TPSA) is 98.8 Å². The Bertz CT molecular complexity index is 1190. The number of amides is 2. The van der Waals surface area contributed by atoms with Crippen LogP contribution in [0, 0.1) is 0 Å². The fourth-order valence-electron chi connectivity index (χ4n) is 3.53. The lowest BCUT2D eigenvalue weighted by Gasteiger charge is -2.14. The Balaban J connectivity index is 1.42. The molecule has 1 heterocycles. The van der Waals surface area contributed by atoms with E-state index in [2.05, 4.69) is 15.6 Å². The highest BCUT2D eigenvalue weighted by molar-refractivity contribution is 7.99. The second-order valence-electron chi connectivity index (χ2n) is 7.87. The highest BCUT2D eigenvalue weighted by Gasteiger charge is 2.25. The summed E-state index contributed by atoms with van der Waals surface area (Å²) >= 11 is 1.29. The first-order chi connectivity index (χ1) is 16.5. The molecule has 2 N–H and O–H groups in total. The summed E-state index contributed by atoms with van der Waals surface area (Å²) in [5, 5.41) is 7.36. The summed E-state index contributed by atoms with van der Waals surface area (Å²) in [6, 6.07) is 13.2. The van der Waals surface area contributed by atoms with Crippen LogP contribution in [0.1, 0.15) is 28.8 Å². The number of aromatic nitrogens is 1. The minimum atomic E-state index is -0.155. The molecular weight excluding hydrogens is 454 g/mol. The van der Waals surface area contributed by atoms with Gasteiger partial charge in [0.1, 0.15) is 0 Å².